The molecule has 0 saturated carbocycles. The molecule has 0 radical (unpaired) electrons. The van der Waals surface area contributed by atoms with Crippen LogP contribution in [0.2, 0.25) is 0 Å². The highest BCUT2D eigenvalue weighted by Gasteiger charge is 2.32. The Kier molecular flexibility index (Phi) is 4.11. The summed E-state index contributed by atoms with van der Waals surface area (Å²) in [4.78, 5) is 0.339. The average molecular weight is 333 g/mol. The highest BCUT2D eigenvalue weighted by molar-refractivity contribution is 9.10. The quantitative estimate of drug-likeness (QED) is 0.916. The van der Waals surface area contributed by atoms with Crippen molar-refractivity contribution < 1.29 is 8.42 Å². The van der Waals surface area contributed by atoms with E-state index in [0.29, 0.717) is 29.0 Å². The lowest BCUT2D eigenvalue weighted by atomic mass is 10.1. The summed E-state index contributed by atoms with van der Waals surface area (Å²) in [6, 6.07) is 5.29. The Labute approximate surface area is 116 Å². The first kappa shape index (κ1) is 14.0. The molecule has 0 bridgehead atoms. The fourth-order valence-electron chi connectivity index (χ4n) is 2.16. The Hall–Kier alpha value is -0.430. The minimum atomic E-state index is -3.40. The topological polar surface area (TPSA) is 63.4 Å². The molecule has 0 aliphatic carbocycles. The van der Waals surface area contributed by atoms with Gasteiger partial charge < -0.3 is 5.73 Å². The Bertz CT molecular complexity index is 545. The first-order valence-electron chi connectivity index (χ1n) is 5.91. The zero-order valence-electron chi connectivity index (χ0n) is 10.3. The number of nitrogens with two attached hydrogens (primary N) is 1. The van der Waals surface area contributed by atoms with Crippen LogP contribution in [0, 0.1) is 12.8 Å². The maximum atomic E-state index is 12.5. The van der Waals surface area contributed by atoms with E-state index in [0.717, 1.165) is 12.0 Å². The number of sulfonamides is 1. The fraction of sp³-hybridized carbons (Fsp3) is 0.500. The fourth-order valence-corrected chi connectivity index (χ4v) is 4.85. The van der Waals surface area contributed by atoms with Crippen molar-refractivity contribution in [1.29, 1.82) is 0 Å². The van der Waals surface area contributed by atoms with E-state index in [1.54, 1.807) is 6.07 Å². The van der Waals surface area contributed by atoms with E-state index in [9.17, 15) is 8.42 Å². The molecule has 1 aliphatic heterocycles. The zero-order chi connectivity index (χ0) is 13.3. The van der Waals surface area contributed by atoms with Crippen molar-refractivity contribution in [2.75, 3.05) is 19.6 Å². The SMILES string of the molecule is Cc1ccc(S(=O)(=O)N2CCC(CN)C2)c(Br)c1. The second-order valence-corrected chi connectivity index (χ2v) is 7.45. The van der Waals surface area contributed by atoms with Crippen LogP contribution < -0.4 is 5.73 Å². The molecule has 0 amide bonds. The van der Waals surface area contributed by atoms with Gasteiger partial charge in [0.1, 0.15) is 0 Å². The molecule has 2 N–H and O–H groups in total. The lowest BCUT2D eigenvalue weighted by Gasteiger charge is -2.17. The van der Waals surface area contributed by atoms with Crippen molar-refractivity contribution in [3.8, 4) is 0 Å². The number of rotatable bonds is 3. The maximum absolute atomic E-state index is 12.5. The lowest BCUT2D eigenvalue weighted by Crippen LogP contribution is -2.30. The van der Waals surface area contributed by atoms with Gasteiger partial charge in [0.25, 0.3) is 0 Å². The molecule has 4 nitrogen and oxygen atoms in total. The van der Waals surface area contributed by atoms with Crippen LogP contribution in [0.1, 0.15) is 12.0 Å². The largest absolute Gasteiger partial charge is 0.330 e. The van der Waals surface area contributed by atoms with Gasteiger partial charge in [-0.3, -0.25) is 0 Å². The smallest absolute Gasteiger partial charge is 0.244 e. The standard InChI is InChI=1S/C12H17BrN2O2S/c1-9-2-3-12(11(13)6-9)18(16,17)15-5-4-10(7-14)8-15/h2-3,6,10H,4-5,7-8,14H2,1H3. The Morgan fingerprint density at radius 1 is 1.50 bits per heavy atom. The number of benzene rings is 1. The van der Waals surface area contributed by atoms with Crippen molar-refractivity contribution >= 4 is 26.0 Å². The monoisotopic (exact) mass is 332 g/mol. The number of nitrogens with zero attached hydrogens (tertiary/aromatic N) is 1. The summed E-state index contributed by atoms with van der Waals surface area (Å²) in [5, 5.41) is 0. The molecule has 2 rings (SSSR count). The van der Waals surface area contributed by atoms with Crippen molar-refractivity contribution in [3.05, 3.63) is 28.2 Å². The van der Waals surface area contributed by atoms with E-state index < -0.39 is 10.0 Å². The van der Waals surface area contributed by atoms with Crippen molar-refractivity contribution in [3.63, 3.8) is 0 Å². The van der Waals surface area contributed by atoms with E-state index in [2.05, 4.69) is 15.9 Å². The average Bonchev–Trinajstić information content (AvgIpc) is 2.77. The summed E-state index contributed by atoms with van der Waals surface area (Å²) in [6.45, 7) is 3.56. The molecule has 1 saturated heterocycles. The highest BCUT2D eigenvalue weighted by atomic mass is 79.9. The minimum Gasteiger partial charge on any atom is -0.330 e. The summed E-state index contributed by atoms with van der Waals surface area (Å²) in [5.74, 6) is 0.281. The third-order valence-corrected chi connectivity index (χ3v) is 6.13. The Balaban J connectivity index is 2.31. The summed E-state index contributed by atoms with van der Waals surface area (Å²) >= 11 is 3.33. The second kappa shape index (κ2) is 5.28. The second-order valence-electron chi connectivity index (χ2n) is 4.69. The van der Waals surface area contributed by atoms with E-state index in [-0.39, 0.29) is 5.92 Å². The molecular weight excluding hydrogens is 316 g/mol. The van der Waals surface area contributed by atoms with Gasteiger partial charge >= 0.3 is 0 Å². The van der Waals surface area contributed by atoms with Gasteiger partial charge in [-0.1, -0.05) is 6.07 Å². The van der Waals surface area contributed by atoms with Crippen LogP contribution in [0.15, 0.2) is 27.6 Å². The molecular formula is C12H17BrN2O2S. The minimum absolute atomic E-state index is 0.281. The van der Waals surface area contributed by atoms with Gasteiger partial charge in [-0.05, 0) is 59.4 Å². The van der Waals surface area contributed by atoms with E-state index in [1.807, 2.05) is 19.1 Å². The number of hydrogen-bond acceptors (Lipinski definition) is 3. The predicted octanol–water partition coefficient (Wildman–Crippen LogP) is 1.73. The lowest BCUT2D eigenvalue weighted by molar-refractivity contribution is 0.458. The number of halogens is 1. The molecule has 1 atom stereocenters. The van der Waals surface area contributed by atoms with Gasteiger partial charge in [0.05, 0.1) is 4.90 Å². The Morgan fingerprint density at radius 3 is 2.78 bits per heavy atom. The van der Waals surface area contributed by atoms with Crippen molar-refractivity contribution in [2.24, 2.45) is 11.7 Å². The van der Waals surface area contributed by atoms with Crippen LogP contribution in [0.4, 0.5) is 0 Å². The first-order chi connectivity index (χ1) is 8.45. The highest BCUT2D eigenvalue weighted by Crippen LogP contribution is 2.29. The van der Waals surface area contributed by atoms with Gasteiger partial charge in [0.15, 0.2) is 0 Å². The number of hydrogen-bond donors (Lipinski definition) is 1. The third-order valence-electron chi connectivity index (χ3n) is 3.29. The molecule has 1 heterocycles. The van der Waals surface area contributed by atoms with Crippen LogP contribution in [0.5, 0.6) is 0 Å². The maximum Gasteiger partial charge on any atom is 0.244 e. The third kappa shape index (κ3) is 2.61. The summed E-state index contributed by atoms with van der Waals surface area (Å²) in [6.07, 6.45) is 0.846. The van der Waals surface area contributed by atoms with Crippen LogP contribution in [0.3, 0.4) is 0 Å². The van der Waals surface area contributed by atoms with Gasteiger partial charge in [0, 0.05) is 17.6 Å². The molecule has 100 valence electrons. The van der Waals surface area contributed by atoms with Crippen LogP contribution in [0.25, 0.3) is 0 Å². The molecule has 1 aromatic rings. The van der Waals surface area contributed by atoms with E-state index >= 15 is 0 Å². The zero-order valence-corrected chi connectivity index (χ0v) is 12.7. The molecule has 18 heavy (non-hydrogen) atoms. The van der Waals surface area contributed by atoms with Gasteiger partial charge in [-0.15, -0.1) is 0 Å². The summed E-state index contributed by atoms with van der Waals surface area (Å²) < 4.78 is 27.1. The predicted molar refractivity (Wildman–Crippen MR) is 74.8 cm³/mol. The summed E-state index contributed by atoms with van der Waals surface area (Å²) in [7, 11) is -3.40. The van der Waals surface area contributed by atoms with Crippen LogP contribution >= 0.6 is 15.9 Å². The van der Waals surface area contributed by atoms with Gasteiger partial charge in [-0.25, -0.2) is 8.42 Å². The van der Waals surface area contributed by atoms with Crippen molar-refractivity contribution in [2.45, 2.75) is 18.2 Å². The van der Waals surface area contributed by atoms with Crippen molar-refractivity contribution in [1.82, 2.24) is 4.31 Å². The molecule has 6 heteroatoms. The molecule has 1 unspecified atom stereocenters. The summed E-state index contributed by atoms with van der Waals surface area (Å²) in [5.41, 5.74) is 6.63. The van der Waals surface area contributed by atoms with Crippen LogP contribution in [-0.4, -0.2) is 32.4 Å². The molecule has 1 aromatic carbocycles. The first-order valence-corrected chi connectivity index (χ1v) is 8.15. The molecule has 0 spiro atoms. The Morgan fingerprint density at radius 2 is 2.22 bits per heavy atom. The van der Waals surface area contributed by atoms with E-state index in [1.165, 1.54) is 4.31 Å². The number of aryl methyl sites for hydroxylation is 1. The molecule has 0 aromatic heterocycles. The van der Waals surface area contributed by atoms with Gasteiger partial charge in [0.2, 0.25) is 10.0 Å². The molecule has 1 fully saturated rings. The normalized spacial score (nSPS) is 21.4. The van der Waals surface area contributed by atoms with Gasteiger partial charge in [-0.2, -0.15) is 4.31 Å². The molecule has 1 aliphatic rings. The van der Waals surface area contributed by atoms with Crippen LogP contribution in [-0.2, 0) is 10.0 Å². The van der Waals surface area contributed by atoms with E-state index in [4.69, 9.17) is 5.73 Å².